The lowest BCUT2D eigenvalue weighted by Crippen LogP contribution is -2.29. The fourth-order valence-electron chi connectivity index (χ4n) is 3.88. The normalized spacial score (nSPS) is 17.0. The molecule has 34 heavy (non-hydrogen) atoms. The molecule has 1 unspecified atom stereocenters. The Morgan fingerprint density at radius 1 is 1.09 bits per heavy atom. The molecule has 172 valence electrons. The zero-order valence-electron chi connectivity index (χ0n) is 18.3. The molecule has 1 saturated heterocycles. The number of aliphatic hydroxyl groups excluding tert-OH is 1. The van der Waals surface area contributed by atoms with E-state index in [1.807, 2.05) is 0 Å². The lowest BCUT2D eigenvalue weighted by Gasteiger charge is -2.25. The number of carbonyl (C=O) groups excluding carboxylic acids is 3. The van der Waals surface area contributed by atoms with E-state index in [0.717, 1.165) is 12.1 Å². The number of nitrogens with one attached hydrogen (secondary N) is 1. The molecule has 3 aromatic rings. The van der Waals surface area contributed by atoms with Crippen LogP contribution in [0, 0.1) is 5.82 Å². The Hall–Kier alpha value is -4.53. The second-order valence-corrected chi connectivity index (χ2v) is 7.52. The van der Waals surface area contributed by atoms with Gasteiger partial charge in [-0.1, -0.05) is 0 Å². The maximum Gasteiger partial charge on any atom is 0.300 e. The molecule has 1 aliphatic rings. The van der Waals surface area contributed by atoms with Gasteiger partial charge >= 0.3 is 0 Å². The zero-order chi connectivity index (χ0) is 24.4. The number of pyridine rings is 1. The van der Waals surface area contributed by atoms with Gasteiger partial charge in [0, 0.05) is 30.7 Å². The molecule has 9 heteroatoms. The second kappa shape index (κ2) is 9.14. The minimum atomic E-state index is -1.01. The average molecular weight is 461 g/mol. The number of anilines is 2. The van der Waals surface area contributed by atoms with E-state index in [-0.39, 0.29) is 22.8 Å². The van der Waals surface area contributed by atoms with Crippen molar-refractivity contribution in [3.8, 4) is 5.75 Å². The second-order valence-electron chi connectivity index (χ2n) is 7.52. The Morgan fingerprint density at radius 2 is 1.76 bits per heavy atom. The van der Waals surface area contributed by atoms with Gasteiger partial charge in [0.05, 0.1) is 24.3 Å². The number of hydrogen-bond donors (Lipinski definition) is 2. The molecule has 2 aromatic carbocycles. The largest absolute Gasteiger partial charge is 0.507 e. The Morgan fingerprint density at radius 3 is 2.38 bits per heavy atom. The number of rotatable bonds is 5. The summed E-state index contributed by atoms with van der Waals surface area (Å²) in [6, 6.07) is 12.1. The van der Waals surface area contributed by atoms with E-state index in [9.17, 15) is 23.9 Å². The Balaban J connectivity index is 1.90. The Labute approximate surface area is 194 Å². The van der Waals surface area contributed by atoms with Crippen molar-refractivity contribution in [3.05, 3.63) is 89.5 Å². The van der Waals surface area contributed by atoms with Crippen molar-refractivity contribution in [3.63, 3.8) is 0 Å². The lowest BCUT2D eigenvalue weighted by atomic mass is 9.95. The maximum absolute atomic E-state index is 14.0. The van der Waals surface area contributed by atoms with Gasteiger partial charge in [-0.05, 0) is 60.2 Å². The number of nitrogens with zero attached hydrogens (tertiary/aromatic N) is 2. The summed E-state index contributed by atoms with van der Waals surface area (Å²) in [7, 11) is 1.35. The highest BCUT2D eigenvalue weighted by molar-refractivity contribution is 6.51. The number of amides is 2. The summed E-state index contributed by atoms with van der Waals surface area (Å²) >= 11 is 0. The number of aromatic nitrogens is 1. The maximum atomic E-state index is 14.0. The van der Waals surface area contributed by atoms with E-state index in [1.54, 1.807) is 36.4 Å². The standard InChI is InChI=1S/C25H20FN3O5/c1-14(30)28-17-4-6-18(7-5-17)29-22(15-9-11-27-12-10-15)21(24(32)25(29)33)23(31)19-13-16(26)3-8-20(19)34-2/h3-13,22,31H,1-2H3,(H,28,30)/b23-21+. The Kier molecular flexibility index (Phi) is 6.09. The molecular weight excluding hydrogens is 441 g/mol. The predicted octanol–water partition coefficient (Wildman–Crippen LogP) is 3.81. The van der Waals surface area contributed by atoms with Gasteiger partial charge in [0.25, 0.3) is 11.7 Å². The fourth-order valence-corrected chi connectivity index (χ4v) is 3.88. The molecule has 0 aliphatic carbocycles. The summed E-state index contributed by atoms with van der Waals surface area (Å²) in [4.78, 5) is 42.9. The van der Waals surface area contributed by atoms with Gasteiger partial charge in [0.15, 0.2) is 0 Å². The molecule has 2 heterocycles. The molecule has 0 bridgehead atoms. The smallest absolute Gasteiger partial charge is 0.300 e. The Bertz CT molecular complexity index is 1310. The summed E-state index contributed by atoms with van der Waals surface area (Å²) in [6.45, 7) is 1.37. The van der Waals surface area contributed by atoms with Crippen molar-refractivity contribution in [2.45, 2.75) is 13.0 Å². The van der Waals surface area contributed by atoms with E-state index < -0.39 is 29.3 Å². The molecule has 1 aromatic heterocycles. The molecule has 1 aliphatic heterocycles. The van der Waals surface area contributed by atoms with Crippen molar-refractivity contribution in [1.29, 1.82) is 0 Å². The minimum absolute atomic E-state index is 0.0550. The monoisotopic (exact) mass is 461 g/mol. The van der Waals surface area contributed by atoms with Crippen LogP contribution in [0.1, 0.15) is 24.1 Å². The number of benzene rings is 2. The first-order valence-electron chi connectivity index (χ1n) is 10.2. The topological polar surface area (TPSA) is 109 Å². The van der Waals surface area contributed by atoms with Crippen molar-refractivity contribution in [2.24, 2.45) is 0 Å². The highest BCUT2D eigenvalue weighted by Gasteiger charge is 2.47. The first kappa shape index (κ1) is 22.7. The van der Waals surface area contributed by atoms with Crippen LogP contribution in [0.3, 0.4) is 0 Å². The van der Waals surface area contributed by atoms with Gasteiger partial charge in [0.1, 0.15) is 17.3 Å². The molecule has 2 N–H and O–H groups in total. The van der Waals surface area contributed by atoms with E-state index in [4.69, 9.17) is 4.74 Å². The van der Waals surface area contributed by atoms with Gasteiger partial charge in [0.2, 0.25) is 5.91 Å². The van der Waals surface area contributed by atoms with Crippen LogP contribution in [0.4, 0.5) is 15.8 Å². The van der Waals surface area contributed by atoms with E-state index >= 15 is 0 Å². The molecular formula is C25H20FN3O5. The number of hydrogen-bond acceptors (Lipinski definition) is 6. The van der Waals surface area contributed by atoms with E-state index in [1.165, 1.54) is 37.4 Å². The van der Waals surface area contributed by atoms with Gasteiger partial charge < -0.3 is 15.2 Å². The molecule has 2 amide bonds. The third-order valence-corrected chi connectivity index (χ3v) is 5.35. The number of halogens is 1. The predicted molar refractivity (Wildman–Crippen MR) is 123 cm³/mol. The van der Waals surface area contributed by atoms with Crippen LogP contribution in [0.2, 0.25) is 0 Å². The van der Waals surface area contributed by atoms with Crippen LogP contribution in [-0.4, -0.2) is 34.8 Å². The lowest BCUT2D eigenvalue weighted by molar-refractivity contribution is -0.132. The van der Waals surface area contributed by atoms with Crippen molar-refractivity contribution in [1.82, 2.24) is 4.98 Å². The molecule has 1 atom stereocenters. The van der Waals surface area contributed by atoms with Crippen molar-refractivity contribution in [2.75, 3.05) is 17.3 Å². The zero-order valence-corrected chi connectivity index (χ0v) is 18.3. The number of ketones is 1. The number of aliphatic hydroxyl groups is 1. The summed E-state index contributed by atoms with van der Waals surface area (Å²) in [5.41, 5.74) is 1.12. The van der Waals surface area contributed by atoms with Crippen LogP contribution in [0.15, 0.2) is 72.6 Å². The van der Waals surface area contributed by atoms with Gasteiger partial charge in [-0.25, -0.2) is 4.39 Å². The molecule has 4 rings (SSSR count). The highest BCUT2D eigenvalue weighted by atomic mass is 19.1. The minimum Gasteiger partial charge on any atom is -0.507 e. The van der Waals surface area contributed by atoms with Crippen LogP contribution < -0.4 is 15.0 Å². The third-order valence-electron chi connectivity index (χ3n) is 5.35. The van der Waals surface area contributed by atoms with Crippen LogP contribution in [-0.2, 0) is 14.4 Å². The van der Waals surface area contributed by atoms with Gasteiger partial charge in [-0.15, -0.1) is 0 Å². The van der Waals surface area contributed by atoms with E-state index in [2.05, 4.69) is 10.3 Å². The summed E-state index contributed by atoms with van der Waals surface area (Å²) in [5, 5.41) is 13.8. The summed E-state index contributed by atoms with van der Waals surface area (Å²) in [6.07, 6.45) is 3.00. The van der Waals surface area contributed by atoms with Gasteiger partial charge in [-0.3, -0.25) is 24.3 Å². The number of Topliss-reactive ketones (excluding diaryl/α,β-unsaturated/α-hetero) is 1. The summed E-state index contributed by atoms with van der Waals surface area (Å²) in [5.74, 6) is -3.13. The fraction of sp³-hybridized carbons (Fsp3) is 0.120. The van der Waals surface area contributed by atoms with Crippen molar-refractivity contribution >= 4 is 34.7 Å². The SMILES string of the molecule is COc1ccc(F)cc1/C(O)=C1\C(=O)C(=O)N(c2ccc(NC(C)=O)cc2)C1c1ccncc1. The molecule has 0 saturated carbocycles. The van der Waals surface area contributed by atoms with Crippen LogP contribution >= 0.6 is 0 Å². The first-order valence-corrected chi connectivity index (χ1v) is 10.2. The quantitative estimate of drug-likeness (QED) is 0.340. The number of methoxy groups -OCH3 is 1. The van der Waals surface area contributed by atoms with E-state index in [0.29, 0.717) is 16.9 Å². The van der Waals surface area contributed by atoms with Crippen LogP contribution in [0.25, 0.3) is 5.76 Å². The molecule has 1 fully saturated rings. The molecule has 8 nitrogen and oxygen atoms in total. The molecule has 0 spiro atoms. The first-order chi connectivity index (χ1) is 16.3. The highest BCUT2D eigenvalue weighted by Crippen LogP contribution is 2.43. The third kappa shape index (κ3) is 4.11. The molecule has 0 radical (unpaired) electrons. The average Bonchev–Trinajstić information content (AvgIpc) is 3.10. The van der Waals surface area contributed by atoms with Crippen LogP contribution in [0.5, 0.6) is 5.75 Å². The number of ether oxygens (including phenoxy) is 1. The van der Waals surface area contributed by atoms with Gasteiger partial charge in [-0.2, -0.15) is 0 Å². The summed E-state index contributed by atoms with van der Waals surface area (Å²) < 4.78 is 19.2. The van der Waals surface area contributed by atoms with Crippen molar-refractivity contribution < 1.29 is 28.6 Å². The number of carbonyl (C=O) groups is 3.